The van der Waals surface area contributed by atoms with Crippen LogP contribution in [0.3, 0.4) is 0 Å². The summed E-state index contributed by atoms with van der Waals surface area (Å²) in [4.78, 5) is 20.8. The number of rotatable bonds is 4. The molecule has 0 spiro atoms. The van der Waals surface area contributed by atoms with Crippen LogP contribution in [0.25, 0.3) is 11.4 Å². The summed E-state index contributed by atoms with van der Waals surface area (Å²) in [5, 5.41) is 2.93. The molecule has 1 heterocycles. The predicted molar refractivity (Wildman–Crippen MR) is 79.4 cm³/mol. The molecule has 0 aliphatic rings. The van der Waals surface area contributed by atoms with Crippen LogP contribution < -0.4 is 5.32 Å². The standard InChI is InChI=1S/C16H19N3O/c1-4-11(2)18-16(20)14-10-17-15(19-12(14)3)13-8-6-5-7-9-13/h5-11H,4H2,1-3H3,(H,18,20). The van der Waals surface area contributed by atoms with E-state index in [4.69, 9.17) is 0 Å². The second-order valence-corrected chi connectivity index (χ2v) is 4.84. The number of carbonyl (C=O) groups is 1. The van der Waals surface area contributed by atoms with Crippen LogP contribution in [0.5, 0.6) is 0 Å². The molecule has 0 aliphatic carbocycles. The van der Waals surface area contributed by atoms with E-state index in [0.29, 0.717) is 17.1 Å². The molecule has 0 aliphatic heterocycles. The van der Waals surface area contributed by atoms with Crippen molar-refractivity contribution in [1.82, 2.24) is 15.3 Å². The average Bonchev–Trinajstić information content (AvgIpc) is 2.47. The number of aromatic nitrogens is 2. The van der Waals surface area contributed by atoms with Gasteiger partial charge in [0.1, 0.15) is 0 Å². The summed E-state index contributed by atoms with van der Waals surface area (Å²) in [6.07, 6.45) is 2.50. The SMILES string of the molecule is CCC(C)NC(=O)c1cnc(-c2ccccc2)nc1C. The van der Waals surface area contributed by atoms with Crippen molar-refractivity contribution in [3.63, 3.8) is 0 Å². The Hall–Kier alpha value is -2.23. The molecule has 1 atom stereocenters. The first-order chi connectivity index (χ1) is 9.61. The Kier molecular flexibility index (Phi) is 4.45. The van der Waals surface area contributed by atoms with Gasteiger partial charge in [-0.3, -0.25) is 4.79 Å². The van der Waals surface area contributed by atoms with E-state index in [9.17, 15) is 4.79 Å². The summed E-state index contributed by atoms with van der Waals surface area (Å²) < 4.78 is 0. The molecule has 2 aromatic rings. The normalized spacial score (nSPS) is 11.9. The van der Waals surface area contributed by atoms with Gasteiger partial charge in [-0.1, -0.05) is 37.3 Å². The summed E-state index contributed by atoms with van der Waals surface area (Å²) in [6.45, 7) is 5.85. The second-order valence-electron chi connectivity index (χ2n) is 4.84. The fourth-order valence-electron chi connectivity index (χ4n) is 1.82. The maximum Gasteiger partial charge on any atom is 0.254 e. The first-order valence-corrected chi connectivity index (χ1v) is 6.81. The third kappa shape index (κ3) is 3.20. The van der Waals surface area contributed by atoms with E-state index in [1.54, 1.807) is 6.20 Å². The van der Waals surface area contributed by atoms with Gasteiger partial charge in [0.2, 0.25) is 0 Å². The predicted octanol–water partition coefficient (Wildman–Crippen LogP) is 2.98. The highest BCUT2D eigenvalue weighted by molar-refractivity contribution is 5.95. The van der Waals surface area contributed by atoms with Crippen molar-refractivity contribution in [2.24, 2.45) is 0 Å². The maximum atomic E-state index is 12.1. The monoisotopic (exact) mass is 269 g/mol. The minimum absolute atomic E-state index is 0.114. The molecule has 2 rings (SSSR count). The Morgan fingerprint density at radius 1 is 1.30 bits per heavy atom. The number of aryl methyl sites for hydroxylation is 1. The van der Waals surface area contributed by atoms with E-state index >= 15 is 0 Å². The van der Waals surface area contributed by atoms with Gasteiger partial charge in [0.25, 0.3) is 5.91 Å². The van der Waals surface area contributed by atoms with Crippen molar-refractivity contribution in [1.29, 1.82) is 0 Å². The zero-order valence-electron chi connectivity index (χ0n) is 12.1. The van der Waals surface area contributed by atoms with E-state index in [1.165, 1.54) is 0 Å². The third-order valence-electron chi connectivity index (χ3n) is 3.25. The van der Waals surface area contributed by atoms with Crippen LogP contribution in [0.15, 0.2) is 36.5 Å². The Morgan fingerprint density at radius 2 is 2.00 bits per heavy atom. The van der Waals surface area contributed by atoms with E-state index < -0.39 is 0 Å². The lowest BCUT2D eigenvalue weighted by atomic mass is 10.1. The zero-order valence-corrected chi connectivity index (χ0v) is 12.1. The molecule has 1 aromatic heterocycles. The molecule has 0 fully saturated rings. The van der Waals surface area contributed by atoms with E-state index in [2.05, 4.69) is 15.3 Å². The Morgan fingerprint density at radius 3 is 2.60 bits per heavy atom. The molecule has 0 saturated heterocycles. The lowest BCUT2D eigenvalue weighted by Crippen LogP contribution is -2.32. The highest BCUT2D eigenvalue weighted by Gasteiger charge is 2.13. The van der Waals surface area contributed by atoms with Gasteiger partial charge < -0.3 is 5.32 Å². The summed E-state index contributed by atoms with van der Waals surface area (Å²) >= 11 is 0. The smallest absolute Gasteiger partial charge is 0.254 e. The molecule has 20 heavy (non-hydrogen) atoms. The first kappa shape index (κ1) is 14.2. The molecule has 0 saturated carbocycles. The average molecular weight is 269 g/mol. The Labute approximate surface area is 119 Å². The topological polar surface area (TPSA) is 54.9 Å². The molecule has 0 bridgehead atoms. The van der Waals surface area contributed by atoms with Gasteiger partial charge in [-0.25, -0.2) is 9.97 Å². The zero-order chi connectivity index (χ0) is 14.5. The van der Waals surface area contributed by atoms with Crippen molar-refractivity contribution >= 4 is 5.91 Å². The lowest BCUT2D eigenvalue weighted by molar-refractivity contribution is 0.0938. The quantitative estimate of drug-likeness (QED) is 0.928. The van der Waals surface area contributed by atoms with Gasteiger partial charge in [0.05, 0.1) is 11.3 Å². The number of benzene rings is 1. The van der Waals surface area contributed by atoms with Gasteiger partial charge in [0.15, 0.2) is 5.82 Å². The molecule has 104 valence electrons. The largest absolute Gasteiger partial charge is 0.349 e. The molecule has 1 amide bonds. The molecular weight excluding hydrogens is 250 g/mol. The molecular formula is C16H19N3O. The van der Waals surface area contributed by atoms with Crippen LogP contribution in [-0.4, -0.2) is 21.9 Å². The minimum Gasteiger partial charge on any atom is -0.349 e. The maximum absolute atomic E-state index is 12.1. The van der Waals surface area contributed by atoms with Crippen molar-refractivity contribution < 1.29 is 4.79 Å². The first-order valence-electron chi connectivity index (χ1n) is 6.81. The van der Waals surface area contributed by atoms with Crippen molar-refractivity contribution in [3.05, 3.63) is 47.8 Å². The molecule has 4 nitrogen and oxygen atoms in total. The highest BCUT2D eigenvalue weighted by Crippen LogP contribution is 2.15. The fraction of sp³-hybridized carbons (Fsp3) is 0.312. The van der Waals surface area contributed by atoms with Crippen LogP contribution >= 0.6 is 0 Å². The number of carbonyl (C=O) groups excluding carboxylic acids is 1. The fourth-order valence-corrected chi connectivity index (χ4v) is 1.82. The number of hydrogen-bond acceptors (Lipinski definition) is 3. The summed E-state index contributed by atoms with van der Waals surface area (Å²) in [6, 6.07) is 9.89. The Balaban J connectivity index is 2.24. The molecule has 4 heteroatoms. The van der Waals surface area contributed by atoms with Crippen LogP contribution in [0.2, 0.25) is 0 Å². The van der Waals surface area contributed by atoms with Gasteiger partial charge in [-0.15, -0.1) is 0 Å². The summed E-state index contributed by atoms with van der Waals surface area (Å²) in [5.41, 5.74) is 2.18. The van der Waals surface area contributed by atoms with Gasteiger partial charge >= 0.3 is 0 Å². The second kappa shape index (κ2) is 6.28. The number of amides is 1. The van der Waals surface area contributed by atoms with Gasteiger partial charge in [-0.2, -0.15) is 0 Å². The van der Waals surface area contributed by atoms with Crippen LogP contribution in [0, 0.1) is 6.92 Å². The highest BCUT2D eigenvalue weighted by atomic mass is 16.1. The molecule has 0 radical (unpaired) electrons. The van der Waals surface area contributed by atoms with Gasteiger partial charge in [-0.05, 0) is 20.3 Å². The van der Waals surface area contributed by atoms with Crippen LogP contribution in [0.1, 0.15) is 36.3 Å². The van der Waals surface area contributed by atoms with Crippen LogP contribution in [0.4, 0.5) is 0 Å². The number of nitrogens with zero attached hydrogens (tertiary/aromatic N) is 2. The molecule has 1 N–H and O–H groups in total. The number of nitrogens with one attached hydrogen (secondary N) is 1. The van der Waals surface area contributed by atoms with Crippen molar-refractivity contribution in [3.8, 4) is 11.4 Å². The van der Waals surface area contributed by atoms with Crippen molar-refractivity contribution in [2.45, 2.75) is 33.2 Å². The van der Waals surface area contributed by atoms with Crippen molar-refractivity contribution in [2.75, 3.05) is 0 Å². The third-order valence-corrected chi connectivity index (χ3v) is 3.25. The minimum atomic E-state index is -0.114. The summed E-state index contributed by atoms with van der Waals surface area (Å²) in [5.74, 6) is 0.527. The van der Waals surface area contributed by atoms with E-state index in [-0.39, 0.29) is 11.9 Å². The molecule has 1 unspecified atom stereocenters. The molecule has 1 aromatic carbocycles. The number of hydrogen-bond donors (Lipinski definition) is 1. The summed E-state index contributed by atoms with van der Waals surface area (Å²) in [7, 11) is 0. The van der Waals surface area contributed by atoms with E-state index in [1.807, 2.05) is 51.1 Å². The van der Waals surface area contributed by atoms with E-state index in [0.717, 1.165) is 12.0 Å². The lowest BCUT2D eigenvalue weighted by Gasteiger charge is -2.12. The van der Waals surface area contributed by atoms with Gasteiger partial charge in [0, 0.05) is 17.8 Å². The van der Waals surface area contributed by atoms with Crippen LogP contribution in [-0.2, 0) is 0 Å². The Bertz CT molecular complexity index is 596.